The Morgan fingerprint density at radius 3 is 2.47 bits per heavy atom. The van der Waals surface area contributed by atoms with Crippen LogP contribution in [0.15, 0.2) is 29.1 Å². The Kier molecular flexibility index (Phi) is 7.19. The van der Waals surface area contributed by atoms with Gasteiger partial charge in [0.1, 0.15) is 17.9 Å². The quantitative estimate of drug-likeness (QED) is 0.707. The van der Waals surface area contributed by atoms with Crippen LogP contribution < -0.4 is 10.6 Å². The Morgan fingerprint density at radius 1 is 1.09 bits per heavy atom. The predicted molar refractivity (Wildman–Crippen MR) is 119 cm³/mol. The van der Waals surface area contributed by atoms with Crippen LogP contribution in [0.25, 0.3) is 0 Å². The number of nitrogens with zero attached hydrogens (tertiary/aromatic N) is 2. The predicted octanol–water partition coefficient (Wildman–Crippen LogP) is 3.84. The molecular weight excluding hydrogens is 408 g/mol. The highest BCUT2D eigenvalue weighted by Crippen LogP contribution is 2.31. The number of hydrogen-bond acceptors (Lipinski definition) is 6. The van der Waals surface area contributed by atoms with Gasteiger partial charge in [0.05, 0.1) is 17.6 Å². The summed E-state index contributed by atoms with van der Waals surface area (Å²) < 4.78 is 10.3. The summed E-state index contributed by atoms with van der Waals surface area (Å²) in [5.74, 6) is 0.581. The summed E-state index contributed by atoms with van der Waals surface area (Å²) in [6.45, 7) is 5.47. The molecule has 0 spiro atoms. The van der Waals surface area contributed by atoms with E-state index in [9.17, 15) is 9.59 Å². The molecule has 1 saturated carbocycles. The second-order valence-electron chi connectivity index (χ2n) is 9.13. The fourth-order valence-electron chi connectivity index (χ4n) is 4.68. The average Bonchev–Trinajstić information content (AvgIpc) is 3.25. The van der Waals surface area contributed by atoms with Gasteiger partial charge in [0, 0.05) is 24.8 Å². The zero-order chi connectivity index (χ0) is 22.5. The monoisotopic (exact) mass is 440 g/mol. The summed E-state index contributed by atoms with van der Waals surface area (Å²) in [6, 6.07) is 3.24. The molecule has 1 aliphatic carbocycles. The van der Waals surface area contributed by atoms with Crippen molar-refractivity contribution in [1.82, 2.24) is 15.5 Å². The maximum absolute atomic E-state index is 13.3. The first kappa shape index (κ1) is 22.5. The highest BCUT2D eigenvalue weighted by molar-refractivity contribution is 6.01. The fraction of sp³-hybridized carbons (Fsp3) is 0.583. The second-order valence-corrected chi connectivity index (χ2v) is 9.13. The lowest BCUT2D eigenvalue weighted by Crippen LogP contribution is -2.49. The minimum absolute atomic E-state index is 0.0878. The molecule has 0 radical (unpaired) electrons. The summed E-state index contributed by atoms with van der Waals surface area (Å²) in [6.07, 6.45) is 8.88. The molecule has 1 saturated heterocycles. The molecule has 2 amide bonds. The Balaban J connectivity index is 1.45. The molecule has 172 valence electrons. The molecule has 0 bridgehead atoms. The van der Waals surface area contributed by atoms with E-state index < -0.39 is 6.04 Å². The van der Waals surface area contributed by atoms with Crippen molar-refractivity contribution in [1.29, 1.82) is 0 Å². The molecule has 1 aliphatic heterocycles. The SMILES string of the molecule is Cc1nocc1C(=O)N[C@H](C(=O)Nc1ccc(C2CCOCC2)nc1)C1CCC(C)CC1. The summed E-state index contributed by atoms with van der Waals surface area (Å²) in [7, 11) is 0. The molecule has 2 fully saturated rings. The van der Waals surface area contributed by atoms with Crippen LogP contribution in [0.2, 0.25) is 0 Å². The number of aryl methyl sites for hydroxylation is 1. The molecule has 32 heavy (non-hydrogen) atoms. The van der Waals surface area contributed by atoms with Crippen molar-refractivity contribution in [3.63, 3.8) is 0 Å². The molecule has 2 aromatic heterocycles. The lowest BCUT2D eigenvalue weighted by molar-refractivity contribution is -0.119. The molecule has 1 atom stereocenters. The van der Waals surface area contributed by atoms with Crippen LogP contribution in [0.1, 0.15) is 73.1 Å². The minimum Gasteiger partial charge on any atom is -0.381 e. The molecule has 8 nitrogen and oxygen atoms in total. The summed E-state index contributed by atoms with van der Waals surface area (Å²) in [4.78, 5) is 30.6. The molecular formula is C24H32N4O4. The van der Waals surface area contributed by atoms with Crippen molar-refractivity contribution in [3.05, 3.63) is 41.5 Å². The number of carbonyl (C=O) groups is 2. The Labute approximate surface area is 188 Å². The summed E-state index contributed by atoms with van der Waals surface area (Å²) in [5, 5.41) is 9.68. The number of pyridine rings is 1. The lowest BCUT2D eigenvalue weighted by atomic mass is 9.79. The first-order valence-electron chi connectivity index (χ1n) is 11.6. The smallest absolute Gasteiger partial charge is 0.257 e. The zero-order valence-corrected chi connectivity index (χ0v) is 18.8. The number of ether oxygens (including phenoxy) is 1. The molecule has 0 unspecified atom stereocenters. The molecule has 3 heterocycles. The van der Waals surface area contributed by atoms with Crippen LogP contribution in [0.3, 0.4) is 0 Å². The Bertz CT molecular complexity index is 912. The standard InChI is InChI=1S/C24H32N4O4/c1-15-3-5-18(6-4-15)22(27-23(29)20-14-32-28-16(20)2)24(30)26-19-7-8-21(25-13-19)17-9-11-31-12-10-17/h7-8,13-15,17-18,22H,3-6,9-12H2,1-2H3,(H,26,30)(H,27,29)/t15?,18?,22-/m0/s1. The topological polar surface area (TPSA) is 106 Å². The van der Waals surface area contributed by atoms with Crippen LogP contribution in [-0.4, -0.2) is 41.2 Å². The first-order chi connectivity index (χ1) is 15.5. The fourth-order valence-corrected chi connectivity index (χ4v) is 4.68. The van der Waals surface area contributed by atoms with E-state index in [0.29, 0.717) is 28.8 Å². The number of aromatic nitrogens is 2. The first-order valence-corrected chi connectivity index (χ1v) is 11.6. The van der Waals surface area contributed by atoms with Gasteiger partial charge in [0.15, 0.2) is 0 Å². The van der Waals surface area contributed by atoms with Crippen molar-refractivity contribution in [3.8, 4) is 0 Å². The second kappa shape index (κ2) is 10.3. The average molecular weight is 441 g/mol. The number of nitrogens with one attached hydrogen (secondary N) is 2. The van der Waals surface area contributed by atoms with Gasteiger partial charge in [-0.15, -0.1) is 0 Å². The van der Waals surface area contributed by atoms with E-state index in [1.165, 1.54) is 6.26 Å². The minimum atomic E-state index is -0.625. The van der Waals surface area contributed by atoms with Gasteiger partial charge in [-0.25, -0.2) is 0 Å². The molecule has 2 aromatic rings. The number of hydrogen-bond donors (Lipinski definition) is 2. The van der Waals surface area contributed by atoms with E-state index in [1.54, 1.807) is 13.1 Å². The van der Waals surface area contributed by atoms with Crippen LogP contribution in [-0.2, 0) is 9.53 Å². The summed E-state index contributed by atoms with van der Waals surface area (Å²) >= 11 is 0. The number of amides is 2. The molecule has 2 N–H and O–H groups in total. The number of rotatable bonds is 6. The van der Waals surface area contributed by atoms with Gasteiger partial charge >= 0.3 is 0 Å². The van der Waals surface area contributed by atoms with E-state index in [1.807, 2.05) is 12.1 Å². The summed E-state index contributed by atoms with van der Waals surface area (Å²) in [5.41, 5.74) is 2.53. The Morgan fingerprint density at radius 2 is 1.84 bits per heavy atom. The van der Waals surface area contributed by atoms with Gasteiger partial charge in [-0.2, -0.15) is 0 Å². The van der Waals surface area contributed by atoms with E-state index >= 15 is 0 Å². The maximum atomic E-state index is 13.3. The van der Waals surface area contributed by atoms with Crippen LogP contribution >= 0.6 is 0 Å². The van der Waals surface area contributed by atoms with Gasteiger partial charge in [0.25, 0.3) is 5.91 Å². The van der Waals surface area contributed by atoms with Crippen LogP contribution in [0, 0.1) is 18.8 Å². The van der Waals surface area contributed by atoms with Crippen molar-refractivity contribution < 1.29 is 18.8 Å². The van der Waals surface area contributed by atoms with Gasteiger partial charge in [0.2, 0.25) is 5.91 Å². The van der Waals surface area contributed by atoms with E-state index in [2.05, 4.69) is 27.7 Å². The van der Waals surface area contributed by atoms with Gasteiger partial charge in [-0.3, -0.25) is 14.6 Å². The highest BCUT2D eigenvalue weighted by Gasteiger charge is 2.33. The van der Waals surface area contributed by atoms with Crippen molar-refractivity contribution in [2.45, 2.75) is 64.3 Å². The van der Waals surface area contributed by atoms with Gasteiger partial charge in [-0.05, 0) is 56.6 Å². The lowest BCUT2D eigenvalue weighted by Gasteiger charge is -2.32. The van der Waals surface area contributed by atoms with Crippen molar-refractivity contribution >= 4 is 17.5 Å². The Hall–Kier alpha value is -2.74. The molecule has 8 heteroatoms. The van der Waals surface area contributed by atoms with Crippen LogP contribution in [0.4, 0.5) is 5.69 Å². The largest absolute Gasteiger partial charge is 0.381 e. The van der Waals surface area contributed by atoms with Crippen molar-refractivity contribution in [2.75, 3.05) is 18.5 Å². The third kappa shape index (κ3) is 5.35. The molecule has 4 rings (SSSR count). The van der Waals surface area contributed by atoms with Gasteiger partial charge in [-0.1, -0.05) is 24.9 Å². The van der Waals surface area contributed by atoms with E-state index in [4.69, 9.17) is 9.26 Å². The third-order valence-corrected chi connectivity index (χ3v) is 6.79. The van der Waals surface area contributed by atoms with E-state index in [0.717, 1.165) is 57.4 Å². The van der Waals surface area contributed by atoms with Crippen LogP contribution in [0.5, 0.6) is 0 Å². The maximum Gasteiger partial charge on any atom is 0.257 e. The molecule has 0 aromatic carbocycles. The molecule has 2 aliphatic rings. The van der Waals surface area contributed by atoms with Crippen molar-refractivity contribution in [2.24, 2.45) is 11.8 Å². The van der Waals surface area contributed by atoms with E-state index in [-0.39, 0.29) is 17.7 Å². The highest BCUT2D eigenvalue weighted by atomic mass is 16.5. The number of carbonyl (C=O) groups excluding carboxylic acids is 2. The normalized spacial score (nSPS) is 22.8. The van der Waals surface area contributed by atoms with Gasteiger partial charge < -0.3 is 19.9 Å². The third-order valence-electron chi connectivity index (χ3n) is 6.79. The number of anilines is 1. The zero-order valence-electron chi connectivity index (χ0n) is 18.8.